The molecule has 0 saturated carbocycles. The minimum atomic E-state index is -0.237. The smallest absolute Gasteiger partial charge is 0.191 e. The summed E-state index contributed by atoms with van der Waals surface area (Å²) in [5.74, 6) is 0.943. The monoisotopic (exact) mass is 671 g/mol. The van der Waals surface area contributed by atoms with Gasteiger partial charge in [0.25, 0.3) is 0 Å². The highest BCUT2D eigenvalue weighted by atomic mass is 79.9. The highest BCUT2D eigenvalue weighted by Crippen LogP contribution is 2.56. The topological polar surface area (TPSA) is 51.8 Å². The Labute approximate surface area is 243 Å². The van der Waals surface area contributed by atoms with E-state index in [0.29, 0.717) is 22.0 Å². The van der Waals surface area contributed by atoms with E-state index in [4.69, 9.17) is 10.7 Å². The van der Waals surface area contributed by atoms with Crippen LogP contribution in [0.1, 0.15) is 37.6 Å². The van der Waals surface area contributed by atoms with Gasteiger partial charge in [-0.2, -0.15) is 0 Å². The molecule has 0 spiro atoms. The van der Waals surface area contributed by atoms with Crippen molar-refractivity contribution in [3.8, 4) is 0 Å². The van der Waals surface area contributed by atoms with E-state index in [2.05, 4.69) is 85.4 Å². The van der Waals surface area contributed by atoms with Gasteiger partial charge in [-0.3, -0.25) is 0 Å². The molecule has 2 atom stereocenters. The lowest BCUT2D eigenvalue weighted by molar-refractivity contribution is 0.627. The minimum Gasteiger partial charge on any atom is -0.383 e. The maximum atomic E-state index is 13.3. The third-order valence-electron chi connectivity index (χ3n) is 6.31. The van der Waals surface area contributed by atoms with Gasteiger partial charge in [-0.05, 0) is 65.1 Å². The van der Waals surface area contributed by atoms with Crippen molar-refractivity contribution in [1.29, 1.82) is 0 Å². The third-order valence-corrected chi connectivity index (χ3v) is 11.2. The summed E-state index contributed by atoms with van der Waals surface area (Å²) in [6, 6.07) is 23.7. The molecule has 0 aliphatic carbocycles. The van der Waals surface area contributed by atoms with E-state index < -0.39 is 0 Å². The van der Waals surface area contributed by atoms with Crippen LogP contribution in [-0.4, -0.2) is 9.97 Å². The zero-order valence-electron chi connectivity index (χ0n) is 19.3. The molecule has 37 heavy (non-hydrogen) atoms. The van der Waals surface area contributed by atoms with Crippen molar-refractivity contribution < 1.29 is 4.39 Å². The zero-order valence-corrected chi connectivity index (χ0v) is 24.9. The molecule has 3 aromatic carbocycles. The Morgan fingerprint density at radius 3 is 2.22 bits per heavy atom. The van der Waals surface area contributed by atoms with Crippen LogP contribution in [0.3, 0.4) is 0 Å². The number of nitrogens with zero attached hydrogens (tertiary/aromatic N) is 2. The van der Waals surface area contributed by atoms with Crippen LogP contribution in [0.5, 0.6) is 0 Å². The van der Waals surface area contributed by atoms with Crippen molar-refractivity contribution in [3.05, 3.63) is 115 Å². The van der Waals surface area contributed by atoms with Crippen LogP contribution >= 0.6 is 66.7 Å². The average molecular weight is 673 g/mol. The van der Waals surface area contributed by atoms with Gasteiger partial charge in [0.15, 0.2) is 5.16 Å². The van der Waals surface area contributed by atoms with Crippen molar-refractivity contribution in [2.24, 2.45) is 0 Å². The molecule has 6 rings (SSSR count). The number of hydrogen-bond donors (Lipinski definition) is 1. The molecule has 186 valence electrons. The molecule has 0 unspecified atom stereocenters. The highest BCUT2D eigenvalue weighted by molar-refractivity contribution is 9.10. The van der Waals surface area contributed by atoms with Crippen LogP contribution in [0.25, 0.3) is 10.2 Å². The van der Waals surface area contributed by atoms with Gasteiger partial charge < -0.3 is 5.73 Å². The summed E-state index contributed by atoms with van der Waals surface area (Å²) in [5, 5.41) is 2.10. The molecular formula is C28H20Br2FN3S3. The highest BCUT2D eigenvalue weighted by Gasteiger charge is 2.34. The Balaban J connectivity index is 1.40. The maximum Gasteiger partial charge on any atom is 0.191 e. The number of rotatable bonds is 5. The first-order valence-electron chi connectivity index (χ1n) is 11.6. The van der Waals surface area contributed by atoms with Crippen LogP contribution in [-0.2, 0) is 12.2 Å². The first-order chi connectivity index (χ1) is 17.9. The van der Waals surface area contributed by atoms with Crippen LogP contribution < -0.4 is 5.73 Å². The van der Waals surface area contributed by atoms with Crippen molar-refractivity contribution in [1.82, 2.24) is 9.97 Å². The van der Waals surface area contributed by atoms with Gasteiger partial charge in [-0.15, -0.1) is 23.1 Å². The van der Waals surface area contributed by atoms with Crippen LogP contribution in [0.4, 0.5) is 10.2 Å². The lowest BCUT2D eigenvalue weighted by Gasteiger charge is -2.30. The molecule has 0 amide bonds. The molecular weight excluding hydrogens is 653 g/mol. The number of nitrogens with two attached hydrogens (primary N) is 1. The molecule has 1 aliphatic rings. The maximum absolute atomic E-state index is 13.3. The van der Waals surface area contributed by atoms with Crippen molar-refractivity contribution in [2.75, 3.05) is 5.73 Å². The van der Waals surface area contributed by atoms with Crippen molar-refractivity contribution in [3.63, 3.8) is 0 Å². The van der Waals surface area contributed by atoms with Gasteiger partial charge in [0.05, 0.1) is 10.6 Å². The second-order valence-electron chi connectivity index (χ2n) is 8.74. The number of anilines is 1. The number of nitrogen functional groups attached to an aromatic ring is 1. The van der Waals surface area contributed by atoms with Crippen LogP contribution in [0.15, 0.2) is 86.9 Å². The molecule has 0 radical (unpaired) electrons. The van der Waals surface area contributed by atoms with E-state index in [9.17, 15) is 4.39 Å². The Bertz CT molecular complexity index is 1570. The minimum absolute atomic E-state index is 0.180. The molecule has 2 N–H and O–H groups in total. The Hall–Kier alpha value is -1.91. The van der Waals surface area contributed by atoms with E-state index in [-0.39, 0.29) is 11.1 Å². The fraction of sp³-hybridized carbons (Fsp3) is 0.143. The standard InChI is InChI=1S/C28H20Br2FN3S3/c29-18-7-3-16(4-8-18)22-13-21-23-26(32)33-28(35-14-15-1-11-20(31)12-2-15)34-27(23)37-25(21)24(36-22)17-5-9-19(30)10-6-17/h1-12,22,24H,13-14H2,(H2,32,33,34)/t22-,24-/m0/s1. The Kier molecular flexibility index (Phi) is 7.33. The number of benzene rings is 3. The fourth-order valence-corrected chi connectivity index (χ4v) is 8.90. The molecule has 9 heteroatoms. The van der Waals surface area contributed by atoms with Crippen LogP contribution in [0, 0.1) is 5.82 Å². The van der Waals surface area contributed by atoms with E-state index in [1.165, 1.54) is 45.5 Å². The zero-order chi connectivity index (χ0) is 25.5. The van der Waals surface area contributed by atoms with Gasteiger partial charge in [-0.25, -0.2) is 14.4 Å². The fourth-order valence-electron chi connectivity index (χ4n) is 4.49. The van der Waals surface area contributed by atoms with Gasteiger partial charge >= 0.3 is 0 Å². The third kappa shape index (κ3) is 5.34. The summed E-state index contributed by atoms with van der Waals surface area (Å²) in [5.41, 5.74) is 11.4. The lowest BCUT2D eigenvalue weighted by Crippen LogP contribution is -2.12. The van der Waals surface area contributed by atoms with E-state index in [0.717, 1.165) is 31.1 Å². The predicted molar refractivity (Wildman–Crippen MR) is 162 cm³/mol. The van der Waals surface area contributed by atoms with E-state index in [1.807, 2.05) is 11.8 Å². The first-order valence-corrected chi connectivity index (χ1v) is 15.9. The SMILES string of the molecule is Nc1nc(SCc2ccc(F)cc2)nc2sc3c(c12)C[C@@H](c1ccc(Br)cc1)S[C@H]3c1ccc(Br)cc1. The molecule has 0 saturated heterocycles. The Morgan fingerprint density at radius 2 is 1.54 bits per heavy atom. The van der Waals surface area contributed by atoms with Crippen molar-refractivity contribution >= 4 is 82.8 Å². The van der Waals surface area contributed by atoms with E-state index >= 15 is 0 Å². The predicted octanol–water partition coefficient (Wildman–Crippen LogP) is 9.35. The summed E-state index contributed by atoms with van der Waals surface area (Å²) in [7, 11) is 0. The van der Waals surface area contributed by atoms with Crippen molar-refractivity contribution in [2.45, 2.75) is 27.8 Å². The number of halogens is 3. The van der Waals surface area contributed by atoms with E-state index in [1.54, 1.807) is 23.5 Å². The largest absolute Gasteiger partial charge is 0.383 e. The number of fused-ring (bicyclic) bond motifs is 3. The lowest BCUT2D eigenvalue weighted by atomic mass is 9.98. The van der Waals surface area contributed by atoms with Gasteiger partial charge in [-0.1, -0.05) is 80.0 Å². The number of aromatic nitrogens is 2. The molecule has 2 aromatic heterocycles. The number of hydrogen-bond acceptors (Lipinski definition) is 6. The number of thiophene rings is 1. The summed E-state index contributed by atoms with van der Waals surface area (Å²) >= 11 is 12.4. The first kappa shape index (κ1) is 25.4. The molecule has 5 aromatic rings. The summed E-state index contributed by atoms with van der Waals surface area (Å²) in [4.78, 5) is 11.8. The molecule has 0 fully saturated rings. The van der Waals surface area contributed by atoms with Crippen LogP contribution in [0.2, 0.25) is 0 Å². The van der Waals surface area contributed by atoms with Gasteiger partial charge in [0, 0.05) is 24.8 Å². The average Bonchev–Trinajstić information content (AvgIpc) is 3.28. The van der Waals surface area contributed by atoms with Gasteiger partial charge in [0.2, 0.25) is 0 Å². The van der Waals surface area contributed by atoms with Gasteiger partial charge in [0.1, 0.15) is 16.5 Å². The normalized spacial score (nSPS) is 17.2. The second-order valence-corrected chi connectivity index (χ2v) is 13.9. The summed E-state index contributed by atoms with van der Waals surface area (Å²) in [6.45, 7) is 0. The molecule has 0 bridgehead atoms. The quantitative estimate of drug-likeness (QED) is 0.149. The molecule has 3 heterocycles. The summed E-state index contributed by atoms with van der Waals surface area (Å²) < 4.78 is 15.4. The second kappa shape index (κ2) is 10.7. The number of thioether (sulfide) groups is 2. The molecule has 3 nitrogen and oxygen atoms in total. The molecule has 1 aliphatic heterocycles. The summed E-state index contributed by atoms with van der Waals surface area (Å²) in [6.07, 6.45) is 0.879. The Morgan fingerprint density at radius 1 is 0.892 bits per heavy atom.